The van der Waals surface area contributed by atoms with Gasteiger partial charge in [0.2, 0.25) is 9.67 Å². The molecule has 3 aliphatic rings. The van der Waals surface area contributed by atoms with Gasteiger partial charge < -0.3 is 100 Å². The molecule has 0 spiro atoms. The molecule has 638 valence electrons. The number of nitrogens with one attached hydrogen (secondary N) is 6. The third-order valence-electron chi connectivity index (χ3n) is 14.3. The quantitative estimate of drug-likeness (QED) is 0.0214. The average molecular weight is 2210 g/mol. The molecule has 112 heavy (non-hydrogen) atoms. The van der Waals surface area contributed by atoms with Crippen LogP contribution in [0.3, 0.4) is 0 Å². The number of esters is 1. The standard InChI is InChI=1S/2C13H18O2.C10H12O2.C9H8O4.3C6H12N2.2C2H2Cl2O2.3C2H2O4.3Pt/c2*1-9(2)8-11-4-6-12(7-5-11)10(3)13(14)15;11-10(12)8-4-7-9-5-2-1-3-6-9;1-6(10)13-8-5-3-2-4-7(8)9(11)12;3*7-5-3-1-2-4-6(5)8;5*3-1(4)2(5)6;;;/h2*4-7,9-10H,8H2,1-3H3,(H,14,15);1-3,5-6H,4,7-8H2,(H,11,12);2-5H,1H3,(H,11,12);3*5-8H,1-4H2;2*1H,(H,5,6);3*(H,3,4)(H,5,6);;;/q;;;;3*-2;;;;;;3*+2. The molecule has 0 bridgehead atoms. The minimum Gasteiger partial charge on any atom is -0.676 e. The molecular weight excluding hydrogens is 2100 g/mol. The number of carbonyl (C=O) groups is 13. The molecule has 3 fully saturated rings. The maximum atomic E-state index is 10.8. The van der Waals surface area contributed by atoms with Crippen LogP contribution in [0.25, 0.3) is 34.4 Å². The van der Waals surface area contributed by atoms with E-state index in [1.807, 2.05) is 78.9 Å². The third-order valence-corrected chi connectivity index (χ3v) is 15.0. The Balaban J connectivity index is -0.000000178. The first kappa shape index (κ1) is 121. The van der Waals surface area contributed by atoms with E-state index < -0.39 is 99.1 Å². The number of hydrogen-bond acceptors (Lipinski definition) is 14. The smallest absolute Gasteiger partial charge is 0.676 e. The Morgan fingerprint density at radius 2 is 0.625 bits per heavy atom. The summed E-state index contributed by atoms with van der Waals surface area (Å²) in [4.78, 5) is 124. The number of aliphatic carboxylic acids is 11. The Hall–Kier alpha value is -7.03. The van der Waals surface area contributed by atoms with Crippen LogP contribution in [0.4, 0.5) is 0 Å². The van der Waals surface area contributed by atoms with Crippen molar-refractivity contribution in [2.24, 2.45) is 11.8 Å². The number of carboxylic acids is 12. The van der Waals surface area contributed by atoms with Gasteiger partial charge in [0.25, 0.3) is 0 Å². The van der Waals surface area contributed by atoms with Crippen LogP contribution in [0.15, 0.2) is 103 Å². The number of aryl methyl sites for hydroxylation is 1. The monoisotopic (exact) mass is 2200 g/mol. The van der Waals surface area contributed by atoms with Crippen LogP contribution in [-0.2, 0) is 140 Å². The first-order valence-electron chi connectivity index (χ1n) is 33.6. The molecule has 18 N–H and O–H groups in total. The number of rotatable bonds is 16. The largest absolute Gasteiger partial charge is 2.00 e. The molecule has 39 heteroatoms. The summed E-state index contributed by atoms with van der Waals surface area (Å²) in [7, 11) is 0. The second-order valence-corrected chi connectivity index (χ2v) is 26.7. The molecule has 0 aliphatic heterocycles. The van der Waals surface area contributed by atoms with Crippen LogP contribution in [0, 0.1) is 11.8 Å². The van der Waals surface area contributed by atoms with Gasteiger partial charge in [0.15, 0.2) is 0 Å². The third kappa shape index (κ3) is 70.8. The van der Waals surface area contributed by atoms with Crippen molar-refractivity contribution < 1.29 is 192 Å². The predicted molar refractivity (Wildman–Crippen MR) is 410 cm³/mol. The second-order valence-electron chi connectivity index (χ2n) is 24.5. The van der Waals surface area contributed by atoms with Gasteiger partial charge in [-0.2, -0.15) is 36.3 Å². The van der Waals surface area contributed by atoms with Gasteiger partial charge in [0.1, 0.15) is 11.3 Å². The zero-order valence-electron chi connectivity index (χ0n) is 62.3. The van der Waals surface area contributed by atoms with E-state index in [4.69, 9.17) is 171 Å². The SMILES string of the molecule is CC(=O)Oc1ccccc1C(=O)O.CC(C)Cc1ccc(C(C)C(=O)O)cc1.CC(C)Cc1ccc(C(C)C(=O)O)cc1.O=C(O)C(=O)O.O=C(O)C(=O)O.O=C(O)C(=O)O.O=C(O)C(Cl)Cl.O=C(O)C(Cl)Cl.O=C(O)CCCc1ccccc1.[NH-]C1CCCCC1[NH-].[NH-]C1CCCCC1[NH-].[NH-]C1CCCCC1[NH-].[Pt+2].[Pt+2].[Pt+2]. The molecule has 0 saturated heterocycles. The van der Waals surface area contributed by atoms with Gasteiger partial charge in [0.05, 0.1) is 11.8 Å². The molecule has 0 radical (unpaired) electrons. The van der Waals surface area contributed by atoms with E-state index in [0.29, 0.717) is 11.8 Å². The van der Waals surface area contributed by atoms with Gasteiger partial charge in [-0.3, -0.25) is 19.2 Å². The molecule has 3 aliphatic carbocycles. The van der Waals surface area contributed by atoms with Crippen molar-refractivity contribution >= 4 is 124 Å². The summed E-state index contributed by atoms with van der Waals surface area (Å²) in [6.45, 7) is 13.3. The zero-order valence-corrected chi connectivity index (χ0v) is 72.1. The van der Waals surface area contributed by atoms with Gasteiger partial charge in [-0.1, -0.05) is 242 Å². The summed E-state index contributed by atoms with van der Waals surface area (Å²) in [5.41, 5.74) is 49.2. The number of aromatic carboxylic acids is 1. The van der Waals surface area contributed by atoms with Crippen LogP contribution in [0.2, 0.25) is 0 Å². The Kier molecular flexibility index (Phi) is 77.3. The zero-order chi connectivity index (χ0) is 85.2. The van der Waals surface area contributed by atoms with Gasteiger partial charge in [-0.05, 0) is 91.3 Å². The fourth-order valence-electron chi connectivity index (χ4n) is 8.48. The molecule has 7 rings (SSSR count). The van der Waals surface area contributed by atoms with Gasteiger partial charge in [-0.25, -0.2) is 43.2 Å². The van der Waals surface area contributed by atoms with Crippen molar-refractivity contribution in [3.63, 3.8) is 0 Å². The Labute approximate surface area is 714 Å². The molecule has 4 aromatic carbocycles. The van der Waals surface area contributed by atoms with Crippen LogP contribution >= 0.6 is 46.4 Å². The maximum Gasteiger partial charge on any atom is 2.00 e. The van der Waals surface area contributed by atoms with Crippen LogP contribution < -0.4 is 4.74 Å². The molecule has 0 aromatic heterocycles. The molecule has 0 amide bonds. The Morgan fingerprint density at radius 1 is 0.375 bits per heavy atom. The maximum absolute atomic E-state index is 10.8. The van der Waals surface area contributed by atoms with Crippen LogP contribution in [0.1, 0.15) is 188 Å². The topological polar surface area (TPSA) is 617 Å². The van der Waals surface area contributed by atoms with Crippen molar-refractivity contribution in [3.8, 4) is 5.75 Å². The second kappa shape index (κ2) is 71.7. The fourth-order valence-corrected chi connectivity index (χ4v) is 8.48. The van der Waals surface area contributed by atoms with Crippen molar-refractivity contribution in [2.75, 3.05) is 0 Å². The molecule has 4 aromatic rings. The van der Waals surface area contributed by atoms with Crippen LogP contribution in [-0.4, -0.2) is 185 Å². The van der Waals surface area contributed by atoms with E-state index in [2.05, 4.69) is 32.4 Å². The van der Waals surface area contributed by atoms with Gasteiger partial charge >= 0.3 is 141 Å². The number of carboxylic acid groups (broad SMARTS) is 12. The van der Waals surface area contributed by atoms with Crippen molar-refractivity contribution in [3.05, 3.63) is 171 Å². The summed E-state index contributed by atoms with van der Waals surface area (Å²) < 4.78 is 4.69. The average Bonchev–Trinajstić information content (AvgIpc) is 0.881. The summed E-state index contributed by atoms with van der Waals surface area (Å²) >= 11 is 19.1. The van der Waals surface area contributed by atoms with E-state index in [1.165, 1.54) is 74.3 Å². The van der Waals surface area contributed by atoms with Crippen molar-refractivity contribution in [1.29, 1.82) is 0 Å². The number of carbonyl (C=O) groups excluding carboxylic acids is 1. The fraction of sp³-hybridized carbons (Fsp3) is 0.493. The summed E-state index contributed by atoms with van der Waals surface area (Å²) in [5.74, 6) is -16.8. The number of para-hydroxylation sites is 1. The molecule has 8 unspecified atom stereocenters. The molecular formula is C73H102Cl4N6O26Pt3. The van der Waals surface area contributed by atoms with E-state index in [0.717, 1.165) is 75.3 Å². The van der Waals surface area contributed by atoms with Crippen molar-refractivity contribution in [1.82, 2.24) is 0 Å². The Bertz CT molecular complexity index is 3080. The molecule has 32 nitrogen and oxygen atoms in total. The summed E-state index contributed by atoms with van der Waals surface area (Å²) in [6, 6.07) is 31.2. The van der Waals surface area contributed by atoms with E-state index in [-0.39, 0.29) is 117 Å². The van der Waals surface area contributed by atoms with E-state index in [9.17, 15) is 33.6 Å². The van der Waals surface area contributed by atoms with E-state index in [1.54, 1.807) is 26.0 Å². The summed E-state index contributed by atoms with van der Waals surface area (Å²) in [6.07, 6.45) is 16.7. The minimum atomic E-state index is -1.82. The molecule has 8 atom stereocenters. The predicted octanol–water partition coefficient (Wildman–Crippen LogP) is 16.0. The first-order valence-corrected chi connectivity index (χ1v) is 35.4. The van der Waals surface area contributed by atoms with E-state index >= 15 is 0 Å². The first-order chi connectivity index (χ1) is 50.5. The number of halogens is 4. The normalized spacial score (nSPS) is 16.2. The number of hydrogen-bond donors (Lipinski definition) is 12. The van der Waals surface area contributed by atoms with Crippen LogP contribution in [0.5, 0.6) is 5.75 Å². The van der Waals surface area contributed by atoms with Gasteiger partial charge in [-0.15, -0.1) is 0 Å². The Morgan fingerprint density at radius 3 is 0.821 bits per heavy atom. The molecule has 0 heterocycles. The number of ether oxygens (including phenoxy) is 1. The minimum absolute atomic E-state index is 0. The number of benzene rings is 4. The molecule has 3 saturated carbocycles. The summed E-state index contributed by atoms with van der Waals surface area (Å²) in [5, 5.41) is 94.6. The van der Waals surface area contributed by atoms with Crippen molar-refractivity contribution in [2.45, 2.75) is 215 Å². The van der Waals surface area contributed by atoms with Gasteiger partial charge in [0, 0.05) is 13.3 Å². The number of alkyl halides is 4.